The number of rotatable bonds is 5. The lowest BCUT2D eigenvalue weighted by atomic mass is 10.1. The van der Waals surface area contributed by atoms with Gasteiger partial charge in [0.05, 0.1) is 14.2 Å². The van der Waals surface area contributed by atoms with Crippen molar-refractivity contribution in [2.75, 3.05) is 21.3 Å². The smallest absolute Gasteiger partial charge is 0.254 e. The highest BCUT2D eigenvalue weighted by Crippen LogP contribution is 2.25. The van der Waals surface area contributed by atoms with Crippen LogP contribution in [0.1, 0.15) is 15.9 Å². The van der Waals surface area contributed by atoms with Crippen LogP contribution in [0.25, 0.3) is 0 Å². The van der Waals surface area contributed by atoms with Crippen LogP contribution in [0.3, 0.4) is 0 Å². The van der Waals surface area contributed by atoms with Crippen molar-refractivity contribution < 1.29 is 18.7 Å². The molecule has 0 saturated heterocycles. The van der Waals surface area contributed by atoms with E-state index in [2.05, 4.69) is 0 Å². The Balaban J connectivity index is 2.20. The van der Waals surface area contributed by atoms with Gasteiger partial charge in [0.1, 0.15) is 5.75 Å². The lowest BCUT2D eigenvalue weighted by Gasteiger charge is -2.19. The van der Waals surface area contributed by atoms with Crippen molar-refractivity contribution in [1.82, 2.24) is 4.90 Å². The van der Waals surface area contributed by atoms with Crippen molar-refractivity contribution in [3.63, 3.8) is 0 Å². The average Bonchev–Trinajstić information content (AvgIpc) is 2.54. The fourth-order valence-electron chi connectivity index (χ4n) is 2.22. The van der Waals surface area contributed by atoms with E-state index in [9.17, 15) is 9.18 Å². The molecule has 4 nitrogen and oxygen atoms in total. The number of halogens is 2. The third kappa shape index (κ3) is 3.93. The molecule has 0 saturated carbocycles. The summed E-state index contributed by atoms with van der Waals surface area (Å²) >= 11 is 5.99. The maximum Gasteiger partial charge on any atom is 0.254 e. The van der Waals surface area contributed by atoms with Crippen molar-refractivity contribution in [3.8, 4) is 11.5 Å². The molecule has 2 aromatic rings. The van der Waals surface area contributed by atoms with Crippen LogP contribution in [0.5, 0.6) is 11.5 Å². The van der Waals surface area contributed by atoms with E-state index in [-0.39, 0.29) is 23.8 Å². The molecule has 122 valence electrons. The monoisotopic (exact) mass is 337 g/mol. The zero-order valence-corrected chi connectivity index (χ0v) is 13.9. The first kappa shape index (κ1) is 17.1. The quantitative estimate of drug-likeness (QED) is 0.833. The van der Waals surface area contributed by atoms with Crippen LogP contribution in [-0.4, -0.2) is 32.1 Å². The molecule has 0 aliphatic heterocycles. The Kier molecular flexibility index (Phi) is 5.45. The van der Waals surface area contributed by atoms with E-state index >= 15 is 0 Å². The minimum Gasteiger partial charge on any atom is -0.496 e. The number of carbonyl (C=O) groups is 1. The second kappa shape index (κ2) is 7.33. The van der Waals surface area contributed by atoms with Crippen LogP contribution in [0.4, 0.5) is 4.39 Å². The molecule has 1 amide bonds. The van der Waals surface area contributed by atoms with E-state index in [1.54, 1.807) is 32.4 Å². The van der Waals surface area contributed by atoms with E-state index in [4.69, 9.17) is 21.1 Å². The summed E-state index contributed by atoms with van der Waals surface area (Å²) in [7, 11) is 4.55. The summed E-state index contributed by atoms with van der Waals surface area (Å²) in [5.41, 5.74) is 1.01. The number of hydrogen-bond acceptors (Lipinski definition) is 3. The molecule has 0 fully saturated rings. The number of hydrogen-bond donors (Lipinski definition) is 0. The molecule has 0 radical (unpaired) electrons. The normalized spacial score (nSPS) is 10.3. The molecule has 0 aromatic heterocycles. The molecule has 0 unspecified atom stereocenters. The first-order valence-electron chi connectivity index (χ1n) is 6.87. The van der Waals surface area contributed by atoms with Crippen LogP contribution in [-0.2, 0) is 6.54 Å². The van der Waals surface area contributed by atoms with Gasteiger partial charge in [-0.1, -0.05) is 11.6 Å². The highest BCUT2D eigenvalue weighted by Gasteiger charge is 2.16. The molecule has 0 N–H and O–H groups in total. The zero-order valence-electron chi connectivity index (χ0n) is 13.1. The molecule has 6 heteroatoms. The third-order valence-corrected chi connectivity index (χ3v) is 3.63. The molecule has 0 atom stereocenters. The molecule has 0 bridgehead atoms. The summed E-state index contributed by atoms with van der Waals surface area (Å²) in [6.07, 6.45) is 0. The van der Waals surface area contributed by atoms with Gasteiger partial charge in [0, 0.05) is 29.7 Å². The molecular formula is C17H17ClFNO3. The van der Waals surface area contributed by atoms with Crippen LogP contribution in [0.2, 0.25) is 5.02 Å². The van der Waals surface area contributed by atoms with Crippen molar-refractivity contribution in [2.45, 2.75) is 6.54 Å². The van der Waals surface area contributed by atoms with Gasteiger partial charge in [-0.3, -0.25) is 4.79 Å². The maximum absolute atomic E-state index is 13.7. The Morgan fingerprint density at radius 1 is 1.13 bits per heavy atom. The average molecular weight is 338 g/mol. The van der Waals surface area contributed by atoms with Crippen LogP contribution in [0.15, 0.2) is 36.4 Å². The van der Waals surface area contributed by atoms with Gasteiger partial charge in [-0.05, 0) is 36.4 Å². The van der Waals surface area contributed by atoms with Gasteiger partial charge in [-0.25, -0.2) is 4.39 Å². The summed E-state index contributed by atoms with van der Waals surface area (Å²) in [6.45, 7) is 0.288. The highest BCUT2D eigenvalue weighted by molar-refractivity contribution is 6.30. The summed E-state index contributed by atoms with van der Waals surface area (Å²) in [4.78, 5) is 13.9. The van der Waals surface area contributed by atoms with E-state index < -0.39 is 5.82 Å². The van der Waals surface area contributed by atoms with Gasteiger partial charge in [0.15, 0.2) is 11.6 Å². The minimum atomic E-state index is -0.577. The topological polar surface area (TPSA) is 38.8 Å². The number of methoxy groups -OCH3 is 2. The summed E-state index contributed by atoms with van der Waals surface area (Å²) in [5.74, 6) is -0.156. The Hall–Kier alpha value is -2.27. The molecule has 0 heterocycles. The standard InChI is InChI=1S/C17H17ClFNO3/c1-20(10-12-8-13(18)5-7-15(12)22-2)17(21)11-4-6-16(23-3)14(19)9-11/h4-9H,10H2,1-3H3. The fourth-order valence-corrected chi connectivity index (χ4v) is 2.41. The Labute approximate surface area is 139 Å². The van der Waals surface area contributed by atoms with Crippen molar-refractivity contribution >= 4 is 17.5 Å². The third-order valence-electron chi connectivity index (χ3n) is 3.40. The summed E-state index contributed by atoms with van der Waals surface area (Å²) < 4.78 is 23.9. The van der Waals surface area contributed by atoms with Gasteiger partial charge in [-0.2, -0.15) is 0 Å². The van der Waals surface area contributed by atoms with Gasteiger partial charge in [0.25, 0.3) is 5.91 Å². The van der Waals surface area contributed by atoms with Crippen LogP contribution in [0, 0.1) is 5.82 Å². The van der Waals surface area contributed by atoms with E-state index in [1.165, 1.54) is 24.1 Å². The summed E-state index contributed by atoms with van der Waals surface area (Å²) in [6, 6.07) is 9.30. The number of ether oxygens (including phenoxy) is 2. The summed E-state index contributed by atoms with van der Waals surface area (Å²) in [5, 5.41) is 0.553. The molecule has 0 aliphatic carbocycles. The van der Waals surface area contributed by atoms with Crippen molar-refractivity contribution in [2.24, 2.45) is 0 Å². The highest BCUT2D eigenvalue weighted by atomic mass is 35.5. The zero-order chi connectivity index (χ0) is 17.0. The largest absolute Gasteiger partial charge is 0.496 e. The molecule has 2 rings (SSSR count). The van der Waals surface area contributed by atoms with Gasteiger partial charge in [0.2, 0.25) is 0 Å². The Bertz CT molecular complexity index is 721. The van der Waals surface area contributed by atoms with E-state index in [0.717, 1.165) is 11.6 Å². The molecule has 0 spiro atoms. The predicted octanol–water partition coefficient (Wildman–Crippen LogP) is 3.77. The Morgan fingerprint density at radius 2 is 1.78 bits per heavy atom. The van der Waals surface area contributed by atoms with Gasteiger partial charge < -0.3 is 14.4 Å². The number of amides is 1. The van der Waals surface area contributed by atoms with Gasteiger partial charge >= 0.3 is 0 Å². The second-order valence-electron chi connectivity index (χ2n) is 4.97. The maximum atomic E-state index is 13.7. The van der Waals surface area contributed by atoms with E-state index in [1.807, 2.05) is 0 Å². The fraction of sp³-hybridized carbons (Fsp3) is 0.235. The van der Waals surface area contributed by atoms with Crippen molar-refractivity contribution in [1.29, 1.82) is 0 Å². The SMILES string of the molecule is COc1ccc(C(=O)N(C)Cc2cc(Cl)ccc2OC)cc1F. The van der Waals surface area contributed by atoms with E-state index in [0.29, 0.717) is 10.8 Å². The number of nitrogens with zero attached hydrogens (tertiary/aromatic N) is 1. The number of carbonyl (C=O) groups excluding carboxylic acids is 1. The predicted molar refractivity (Wildman–Crippen MR) is 86.8 cm³/mol. The second-order valence-corrected chi connectivity index (χ2v) is 5.40. The molecule has 0 aliphatic rings. The molecule has 2 aromatic carbocycles. The lowest BCUT2D eigenvalue weighted by Crippen LogP contribution is -2.26. The van der Waals surface area contributed by atoms with Crippen LogP contribution < -0.4 is 9.47 Å². The van der Waals surface area contributed by atoms with Crippen molar-refractivity contribution in [3.05, 3.63) is 58.4 Å². The Morgan fingerprint density at radius 3 is 2.39 bits per heavy atom. The number of benzene rings is 2. The van der Waals surface area contributed by atoms with Gasteiger partial charge in [-0.15, -0.1) is 0 Å². The molecular weight excluding hydrogens is 321 g/mol. The molecule has 23 heavy (non-hydrogen) atoms. The lowest BCUT2D eigenvalue weighted by molar-refractivity contribution is 0.0783. The minimum absolute atomic E-state index is 0.0979. The first-order valence-corrected chi connectivity index (χ1v) is 7.25. The van der Waals surface area contributed by atoms with Crippen LogP contribution >= 0.6 is 11.6 Å². The first-order chi connectivity index (χ1) is 11.0.